The number of anilines is 2. The van der Waals surface area contributed by atoms with Gasteiger partial charge in [0, 0.05) is 0 Å². The lowest BCUT2D eigenvalue weighted by Crippen LogP contribution is -2.17. The van der Waals surface area contributed by atoms with Crippen LogP contribution >= 0.6 is 0 Å². The molecule has 2 rings (SSSR count). The molecule has 2 aromatic rings. The fraction of sp³-hybridized carbons (Fsp3) is 0.0769. The number of nitrogens with two attached hydrogens (primary N) is 1. The lowest BCUT2D eigenvalue weighted by Gasteiger charge is -2.13. The number of nitrogens with one attached hydrogen (secondary N) is 1. The highest BCUT2D eigenvalue weighted by molar-refractivity contribution is 7.92. The summed E-state index contributed by atoms with van der Waals surface area (Å²) in [7, 11) is -2.73. The first-order valence-corrected chi connectivity index (χ1v) is 7.14. The maximum Gasteiger partial charge on any atom is 0.267 e. The third kappa shape index (κ3) is 2.67. The Labute approximate surface area is 116 Å². The number of halogens is 1. The second-order valence-electron chi connectivity index (χ2n) is 3.96. The van der Waals surface area contributed by atoms with Gasteiger partial charge in [0.05, 0.1) is 18.5 Å². The summed E-state index contributed by atoms with van der Waals surface area (Å²) in [4.78, 5) is -0.578. The molecule has 0 aliphatic rings. The Kier molecular flexibility index (Phi) is 3.80. The number of sulfonamides is 1. The van der Waals surface area contributed by atoms with Gasteiger partial charge in [-0.3, -0.25) is 4.72 Å². The van der Waals surface area contributed by atoms with E-state index >= 15 is 0 Å². The van der Waals surface area contributed by atoms with Gasteiger partial charge in [-0.1, -0.05) is 18.2 Å². The summed E-state index contributed by atoms with van der Waals surface area (Å²) in [5.41, 5.74) is 5.59. The number of para-hydroxylation sites is 2. The van der Waals surface area contributed by atoms with Crippen LogP contribution in [-0.4, -0.2) is 15.5 Å². The van der Waals surface area contributed by atoms with Crippen LogP contribution < -0.4 is 15.2 Å². The molecule has 0 aliphatic carbocycles. The third-order valence-electron chi connectivity index (χ3n) is 2.62. The molecule has 0 unspecified atom stereocenters. The van der Waals surface area contributed by atoms with E-state index in [1.807, 2.05) is 0 Å². The molecule has 0 saturated heterocycles. The van der Waals surface area contributed by atoms with Gasteiger partial charge < -0.3 is 10.5 Å². The lowest BCUT2D eigenvalue weighted by molar-refractivity contribution is 0.417. The minimum Gasteiger partial charge on any atom is -0.495 e. The van der Waals surface area contributed by atoms with E-state index in [2.05, 4.69) is 4.72 Å². The van der Waals surface area contributed by atoms with E-state index in [9.17, 15) is 12.8 Å². The second-order valence-corrected chi connectivity index (χ2v) is 5.58. The standard InChI is InChI=1S/C13H13FN2O3S/c1-19-12-8-3-2-7-11(12)16-20(17,18)13-9(14)5-4-6-10(13)15/h2-8,16H,15H2,1H3. The van der Waals surface area contributed by atoms with E-state index in [0.717, 1.165) is 6.07 Å². The van der Waals surface area contributed by atoms with Crippen molar-refractivity contribution in [1.29, 1.82) is 0 Å². The Morgan fingerprint density at radius 3 is 2.50 bits per heavy atom. The van der Waals surface area contributed by atoms with E-state index < -0.39 is 20.7 Å². The predicted octanol–water partition coefficient (Wildman–Crippen LogP) is 2.22. The molecule has 0 fully saturated rings. The van der Waals surface area contributed by atoms with Gasteiger partial charge in [0.25, 0.3) is 10.0 Å². The third-order valence-corrected chi connectivity index (χ3v) is 4.07. The van der Waals surface area contributed by atoms with E-state index in [1.54, 1.807) is 18.2 Å². The van der Waals surface area contributed by atoms with Crippen LogP contribution in [0.4, 0.5) is 15.8 Å². The van der Waals surface area contributed by atoms with Crippen LogP contribution in [0.3, 0.4) is 0 Å². The van der Waals surface area contributed by atoms with E-state index in [4.69, 9.17) is 10.5 Å². The molecule has 7 heteroatoms. The van der Waals surface area contributed by atoms with Crippen molar-refractivity contribution >= 4 is 21.4 Å². The van der Waals surface area contributed by atoms with E-state index in [1.165, 1.54) is 25.3 Å². The number of nitrogen functional groups attached to an aromatic ring is 1. The maximum atomic E-state index is 13.7. The number of hydrogen-bond acceptors (Lipinski definition) is 4. The Hall–Kier alpha value is -2.28. The van der Waals surface area contributed by atoms with Crippen LogP contribution in [-0.2, 0) is 10.0 Å². The Bertz CT molecular complexity index is 712. The van der Waals surface area contributed by atoms with Gasteiger partial charge in [-0.15, -0.1) is 0 Å². The highest BCUT2D eigenvalue weighted by Gasteiger charge is 2.23. The molecule has 106 valence electrons. The van der Waals surface area contributed by atoms with Gasteiger partial charge in [-0.05, 0) is 24.3 Å². The minimum atomic E-state index is -4.14. The monoisotopic (exact) mass is 296 g/mol. The Morgan fingerprint density at radius 2 is 1.85 bits per heavy atom. The average Bonchev–Trinajstić information content (AvgIpc) is 2.38. The van der Waals surface area contributed by atoms with Crippen molar-refractivity contribution in [3.8, 4) is 5.75 Å². The van der Waals surface area contributed by atoms with Crippen LogP contribution in [0.25, 0.3) is 0 Å². The first-order valence-electron chi connectivity index (χ1n) is 5.65. The minimum absolute atomic E-state index is 0.160. The van der Waals surface area contributed by atoms with Crippen molar-refractivity contribution in [2.45, 2.75) is 4.90 Å². The number of ether oxygens (including phenoxy) is 1. The first-order chi connectivity index (χ1) is 9.45. The number of benzene rings is 2. The molecule has 0 heterocycles. The summed E-state index contributed by atoms with van der Waals surface area (Å²) in [6.45, 7) is 0. The zero-order valence-corrected chi connectivity index (χ0v) is 11.4. The number of rotatable bonds is 4. The molecule has 0 radical (unpaired) electrons. The summed E-state index contributed by atoms with van der Waals surface area (Å²) in [5, 5.41) is 0. The van der Waals surface area contributed by atoms with Crippen molar-refractivity contribution in [2.24, 2.45) is 0 Å². The normalized spacial score (nSPS) is 11.1. The smallest absolute Gasteiger partial charge is 0.267 e. The summed E-state index contributed by atoms with van der Waals surface area (Å²) >= 11 is 0. The van der Waals surface area contributed by atoms with Crippen LogP contribution in [0.2, 0.25) is 0 Å². The summed E-state index contributed by atoms with van der Waals surface area (Å²) in [6.07, 6.45) is 0. The fourth-order valence-corrected chi connectivity index (χ4v) is 3.00. The maximum absolute atomic E-state index is 13.7. The topological polar surface area (TPSA) is 81.4 Å². The molecule has 2 aromatic carbocycles. The molecule has 20 heavy (non-hydrogen) atoms. The Morgan fingerprint density at radius 1 is 1.15 bits per heavy atom. The predicted molar refractivity (Wildman–Crippen MR) is 74.6 cm³/mol. The van der Waals surface area contributed by atoms with Crippen LogP contribution in [0.1, 0.15) is 0 Å². The van der Waals surface area contributed by atoms with Crippen molar-refractivity contribution in [3.05, 3.63) is 48.3 Å². The van der Waals surface area contributed by atoms with Gasteiger partial charge in [0.2, 0.25) is 0 Å². The molecule has 0 amide bonds. The molecule has 0 atom stereocenters. The molecular weight excluding hydrogens is 283 g/mol. The number of methoxy groups -OCH3 is 1. The molecule has 0 bridgehead atoms. The van der Waals surface area contributed by atoms with Gasteiger partial charge in [0.15, 0.2) is 0 Å². The first kappa shape index (κ1) is 14.1. The molecule has 0 aromatic heterocycles. The van der Waals surface area contributed by atoms with Crippen molar-refractivity contribution < 1.29 is 17.5 Å². The lowest BCUT2D eigenvalue weighted by atomic mass is 10.3. The van der Waals surface area contributed by atoms with Gasteiger partial charge in [0.1, 0.15) is 16.5 Å². The molecule has 5 nitrogen and oxygen atoms in total. The van der Waals surface area contributed by atoms with E-state index in [0.29, 0.717) is 5.75 Å². The highest BCUT2D eigenvalue weighted by Crippen LogP contribution is 2.29. The molecule has 0 saturated carbocycles. The number of hydrogen-bond donors (Lipinski definition) is 2. The zero-order chi connectivity index (χ0) is 14.8. The molecule has 3 N–H and O–H groups in total. The summed E-state index contributed by atoms with van der Waals surface area (Å²) in [6, 6.07) is 10.1. The molecule has 0 aliphatic heterocycles. The van der Waals surface area contributed by atoms with E-state index in [-0.39, 0.29) is 11.4 Å². The Balaban J connectivity index is 2.47. The van der Waals surface area contributed by atoms with Gasteiger partial charge in [-0.25, -0.2) is 12.8 Å². The van der Waals surface area contributed by atoms with Crippen molar-refractivity contribution in [1.82, 2.24) is 0 Å². The molecular formula is C13H13FN2O3S. The summed E-state index contributed by atoms with van der Waals surface area (Å²) in [5.74, 6) is -0.585. The van der Waals surface area contributed by atoms with Crippen LogP contribution in [0, 0.1) is 5.82 Å². The average molecular weight is 296 g/mol. The summed E-state index contributed by atoms with van der Waals surface area (Å²) < 4.78 is 45.4. The van der Waals surface area contributed by atoms with Crippen molar-refractivity contribution in [3.63, 3.8) is 0 Å². The van der Waals surface area contributed by atoms with Crippen molar-refractivity contribution in [2.75, 3.05) is 17.6 Å². The molecule has 0 spiro atoms. The SMILES string of the molecule is COc1ccccc1NS(=O)(=O)c1c(N)cccc1F. The largest absolute Gasteiger partial charge is 0.495 e. The zero-order valence-electron chi connectivity index (χ0n) is 10.6. The van der Waals surface area contributed by atoms with Gasteiger partial charge >= 0.3 is 0 Å². The highest BCUT2D eigenvalue weighted by atomic mass is 32.2. The second kappa shape index (κ2) is 5.38. The van der Waals surface area contributed by atoms with Crippen LogP contribution in [0.5, 0.6) is 5.75 Å². The van der Waals surface area contributed by atoms with Crippen LogP contribution in [0.15, 0.2) is 47.4 Å². The van der Waals surface area contributed by atoms with Gasteiger partial charge in [-0.2, -0.15) is 0 Å². The quantitative estimate of drug-likeness (QED) is 0.848. The fourth-order valence-electron chi connectivity index (χ4n) is 1.73.